The van der Waals surface area contributed by atoms with Crippen molar-refractivity contribution in [2.75, 3.05) is 13.6 Å². The number of H-pyrrole nitrogens is 1. The molecule has 0 radical (unpaired) electrons. The van der Waals surface area contributed by atoms with Crippen molar-refractivity contribution in [1.82, 2.24) is 15.6 Å². The van der Waals surface area contributed by atoms with Crippen LogP contribution in [0, 0.1) is 6.92 Å². The molecule has 0 unspecified atom stereocenters. The number of benzene rings is 1. The molecule has 3 N–H and O–H groups in total. The lowest BCUT2D eigenvalue weighted by molar-refractivity contribution is 0.799. The molecule has 120 valence electrons. The molecule has 0 aliphatic carbocycles. The number of rotatable bonds is 5. The van der Waals surface area contributed by atoms with E-state index in [0.717, 1.165) is 25.5 Å². The standard InChI is InChI=1S/C18H22N4S/c1-13-15(16-7-3-4-8-17(16)22-13)9-10-20-18(19-2)21-12-14-6-5-11-23-14/h3-8,11,22H,9-10,12H2,1-2H3,(H2,19,20,21). The molecule has 0 aliphatic rings. The van der Waals surface area contributed by atoms with Crippen molar-refractivity contribution < 1.29 is 0 Å². The number of aryl methyl sites for hydroxylation is 1. The zero-order chi connectivity index (χ0) is 16.1. The van der Waals surface area contributed by atoms with Crippen molar-refractivity contribution in [1.29, 1.82) is 0 Å². The van der Waals surface area contributed by atoms with Crippen LogP contribution < -0.4 is 10.6 Å². The van der Waals surface area contributed by atoms with Gasteiger partial charge in [-0.2, -0.15) is 0 Å². The Kier molecular flexibility index (Phi) is 4.98. The summed E-state index contributed by atoms with van der Waals surface area (Å²) in [6, 6.07) is 12.7. The van der Waals surface area contributed by atoms with E-state index in [1.54, 1.807) is 18.4 Å². The molecule has 4 nitrogen and oxygen atoms in total. The molecule has 0 fully saturated rings. The highest BCUT2D eigenvalue weighted by molar-refractivity contribution is 7.09. The molecule has 5 heteroatoms. The van der Waals surface area contributed by atoms with Crippen molar-refractivity contribution in [3.05, 3.63) is 57.9 Å². The Balaban J connectivity index is 1.56. The van der Waals surface area contributed by atoms with Crippen molar-refractivity contribution in [3.8, 4) is 0 Å². The zero-order valence-corrected chi connectivity index (χ0v) is 14.3. The molecule has 0 spiro atoms. The molecule has 0 amide bonds. The molecule has 0 aliphatic heterocycles. The molecule has 0 saturated carbocycles. The van der Waals surface area contributed by atoms with Crippen molar-refractivity contribution in [3.63, 3.8) is 0 Å². The number of nitrogens with zero attached hydrogens (tertiary/aromatic N) is 1. The molecule has 3 rings (SSSR count). The summed E-state index contributed by atoms with van der Waals surface area (Å²) >= 11 is 1.75. The average Bonchev–Trinajstić information content (AvgIpc) is 3.18. The Morgan fingerprint density at radius 1 is 1.17 bits per heavy atom. The van der Waals surface area contributed by atoms with Gasteiger partial charge in [-0.1, -0.05) is 24.3 Å². The number of fused-ring (bicyclic) bond motifs is 1. The van der Waals surface area contributed by atoms with E-state index in [1.165, 1.54) is 27.0 Å². The minimum absolute atomic E-state index is 0.809. The highest BCUT2D eigenvalue weighted by Gasteiger charge is 2.07. The number of aliphatic imine (C=N–C) groups is 1. The van der Waals surface area contributed by atoms with Gasteiger partial charge in [0.1, 0.15) is 0 Å². The van der Waals surface area contributed by atoms with Gasteiger partial charge in [0.25, 0.3) is 0 Å². The van der Waals surface area contributed by atoms with E-state index in [1.807, 2.05) is 0 Å². The molecular weight excluding hydrogens is 304 g/mol. The van der Waals surface area contributed by atoms with Crippen LogP contribution in [-0.4, -0.2) is 24.5 Å². The zero-order valence-electron chi connectivity index (χ0n) is 13.5. The molecule has 0 atom stereocenters. The Bertz CT molecular complexity index is 787. The Labute approximate surface area is 140 Å². The van der Waals surface area contributed by atoms with Gasteiger partial charge in [-0.05, 0) is 36.4 Å². The van der Waals surface area contributed by atoms with E-state index >= 15 is 0 Å². The monoisotopic (exact) mass is 326 g/mol. The predicted molar refractivity (Wildman–Crippen MR) is 99.3 cm³/mol. The van der Waals surface area contributed by atoms with Gasteiger partial charge in [0.05, 0.1) is 6.54 Å². The summed E-state index contributed by atoms with van der Waals surface area (Å²) in [5.41, 5.74) is 3.83. The summed E-state index contributed by atoms with van der Waals surface area (Å²) in [5, 5.41) is 10.1. The summed E-state index contributed by atoms with van der Waals surface area (Å²) in [6.07, 6.45) is 0.968. The van der Waals surface area contributed by atoms with Crippen LogP contribution in [0.5, 0.6) is 0 Å². The second-order valence-electron chi connectivity index (χ2n) is 5.46. The van der Waals surface area contributed by atoms with Gasteiger partial charge in [-0.25, -0.2) is 0 Å². The van der Waals surface area contributed by atoms with E-state index in [2.05, 4.69) is 69.3 Å². The van der Waals surface area contributed by atoms with Crippen LogP contribution in [0.1, 0.15) is 16.1 Å². The van der Waals surface area contributed by atoms with Crippen LogP contribution in [0.2, 0.25) is 0 Å². The van der Waals surface area contributed by atoms with Crippen LogP contribution >= 0.6 is 11.3 Å². The lowest BCUT2D eigenvalue weighted by Gasteiger charge is -2.11. The largest absolute Gasteiger partial charge is 0.358 e. The van der Waals surface area contributed by atoms with E-state index in [0.29, 0.717) is 0 Å². The van der Waals surface area contributed by atoms with Crippen LogP contribution in [0.4, 0.5) is 0 Å². The van der Waals surface area contributed by atoms with E-state index < -0.39 is 0 Å². The molecule has 2 aromatic heterocycles. The first-order valence-corrected chi connectivity index (χ1v) is 8.69. The first kappa shape index (κ1) is 15.6. The highest BCUT2D eigenvalue weighted by Crippen LogP contribution is 2.21. The third kappa shape index (κ3) is 3.74. The topological polar surface area (TPSA) is 52.2 Å². The fourth-order valence-corrected chi connectivity index (χ4v) is 3.41. The number of nitrogens with one attached hydrogen (secondary N) is 3. The predicted octanol–water partition coefficient (Wildman–Crippen LogP) is 3.45. The third-order valence-corrected chi connectivity index (χ3v) is 4.80. The number of aromatic nitrogens is 1. The van der Waals surface area contributed by atoms with Crippen molar-refractivity contribution >= 4 is 28.2 Å². The lowest BCUT2D eigenvalue weighted by atomic mass is 10.1. The first-order valence-electron chi connectivity index (χ1n) is 7.81. The minimum Gasteiger partial charge on any atom is -0.358 e. The fourth-order valence-electron chi connectivity index (χ4n) is 2.77. The van der Waals surface area contributed by atoms with Gasteiger partial charge >= 0.3 is 0 Å². The summed E-state index contributed by atoms with van der Waals surface area (Å²) in [6.45, 7) is 3.80. The van der Waals surface area contributed by atoms with Crippen LogP contribution in [0.15, 0.2) is 46.8 Å². The average molecular weight is 326 g/mol. The Morgan fingerprint density at radius 2 is 2.04 bits per heavy atom. The van der Waals surface area contributed by atoms with Gasteiger partial charge in [-0.15, -0.1) is 11.3 Å². The maximum Gasteiger partial charge on any atom is 0.191 e. The van der Waals surface area contributed by atoms with Crippen molar-refractivity contribution in [2.24, 2.45) is 4.99 Å². The SMILES string of the molecule is CN=C(NCCc1c(C)[nH]c2ccccc12)NCc1cccs1. The van der Waals surface area contributed by atoms with Gasteiger partial charge in [0, 0.05) is 35.1 Å². The van der Waals surface area contributed by atoms with Gasteiger partial charge < -0.3 is 15.6 Å². The number of hydrogen-bond donors (Lipinski definition) is 3. The molecule has 1 aromatic carbocycles. The number of guanidine groups is 1. The van der Waals surface area contributed by atoms with Crippen molar-refractivity contribution in [2.45, 2.75) is 19.9 Å². The molecule has 0 bridgehead atoms. The van der Waals surface area contributed by atoms with Crippen LogP contribution in [-0.2, 0) is 13.0 Å². The second-order valence-corrected chi connectivity index (χ2v) is 6.49. The smallest absolute Gasteiger partial charge is 0.191 e. The summed E-state index contributed by atoms with van der Waals surface area (Å²) in [5.74, 6) is 0.843. The lowest BCUT2D eigenvalue weighted by Crippen LogP contribution is -2.37. The summed E-state index contributed by atoms with van der Waals surface area (Å²) in [7, 11) is 1.81. The van der Waals surface area contributed by atoms with Crippen LogP contribution in [0.25, 0.3) is 10.9 Å². The molecule has 0 saturated heterocycles. The number of hydrogen-bond acceptors (Lipinski definition) is 2. The van der Waals surface area contributed by atoms with Gasteiger partial charge in [0.2, 0.25) is 0 Å². The minimum atomic E-state index is 0.809. The first-order chi connectivity index (χ1) is 11.3. The summed E-state index contributed by atoms with van der Waals surface area (Å²) in [4.78, 5) is 9.04. The Morgan fingerprint density at radius 3 is 2.83 bits per heavy atom. The highest BCUT2D eigenvalue weighted by atomic mass is 32.1. The summed E-state index contributed by atoms with van der Waals surface area (Å²) < 4.78 is 0. The van der Waals surface area contributed by atoms with E-state index in [9.17, 15) is 0 Å². The fraction of sp³-hybridized carbons (Fsp3) is 0.278. The maximum atomic E-state index is 4.28. The van der Waals surface area contributed by atoms with Crippen LogP contribution in [0.3, 0.4) is 0 Å². The molecular formula is C18H22N4S. The molecule has 2 heterocycles. The van der Waals surface area contributed by atoms with Gasteiger partial charge in [-0.3, -0.25) is 4.99 Å². The quantitative estimate of drug-likeness (QED) is 0.497. The van der Waals surface area contributed by atoms with E-state index in [4.69, 9.17) is 0 Å². The normalized spacial score (nSPS) is 11.8. The Hall–Kier alpha value is -2.27. The van der Waals surface area contributed by atoms with Gasteiger partial charge in [0.15, 0.2) is 5.96 Å². The third-order valence-electron chi connectivity index (χ3n) is 3.93. The maximum absolute atomic E-state index is 4.28. The molecule has 3 aromatic rings. The van der Waals surface area contributed by atoms with E-state index in [-0.39, 0.29) is 0 Å². The number of aromatic amines is 1. The molecule has 23 heavy (non-hydrogen) atoms. The number of para-hydroxylation sites is 1. The second kappa shape index (κ2) is 7.33. The number of thiophene rings is 1.